The molecule has 0 radical (unpaired) electrons. The average Bonchev–Trinajstić information content (AvgIpc) is 2.76. The van der Waals surface area contributed by atoms with Crippen LogP contribution in [-0.4, -0.2) is 52.1 Å². The lowest BCUT2D eigenvalue weighted by molar-refractivity contribution is 0.177. The first-order valence-electron chi connectivity index (χ1n) is 9.61. The quantitative estimate of drug-likeness (QED) is 0.425. The molecule has 166 valence electrons. The van der Waals surface area contributed by atoms with Crippen molar-refractivity contribution < 1.29 is 25.8 Å². The van der Waals surface area contributed by atoms with Gasteiger partial charge in [-0.15, -0.1) is 0 Å². The summed E-state index contributed by atoms with van der Waals surface area (Å²) in [6.07, 6.45) is 1.55. The summed E-state index contributed by atoms with van der Waals surface area (Å²) in [5.74, 6) is -0.0325. The Balaban J connectivity index is 1.97. The van der Waals surface area contributed by atoms with Gasteiger partial charge >= 0.3 is 10.1 Å². The third-order valence-corrected chi connectivity index (χ3v) is 7.62. The van der Waals surface area contributed by atoms with E-state index in [1.165, 1.54) is 36.5 Å². The second-order valence-electron chi connectivity index (χ2n) is 6.74. The highest BCUT2D eigenvalue weighted by Crippen LogP contribution is 2.26. The van der Waals surface area contributed by atoms with Crippen LogP contribution in [0.1, 0.15) is 12.5 Å². The molecule has 0 bridgehead atoms. The van der Waals surface area contributed by atoms with Gasteiger partial charge < -0.3 is 8.92 Å². The van der Waals surface area contributed by atoms with Crippen LogP contribution in [0.2, 0.25) is 0 Å². The molecule has 8 nitrogen and oxygen atoms in total. The molecule has 0 atom stereocenters. The Kier molecular flexibility index (Phi) is 7.26. The van der Waals surface area contributed by atoms with Gasteiger partial charge in [-0.3, -0.25) is 4.98 Å². The molecule has 2 aromatic carbocycles. The molecule has 31 heavy (non-hydrogen) atoms. The zero-order valence-electron chi connectivity index (χ0n) is 17.3. The van der Waals surface area contributed by atoms with Crippen molar-refractivity contribution in [2.75, 3.05) is 26.0 Å². The van der Waals surface area contributed by atoms with Gasteiger partial charge in [0.1, 0.15) is 10.6 Å². The minimum atomic E-state index is -3.92. The molecule has 0 unspecified atom stereocenters. The number of hydrogen-bond donors (Lipinski definition) is 0. The molecule has 0 amide bonds. The molecule has 0 fully saturated rings. The van der Waals surface area contributed by atoms with Gasteiger partial charge in [0.15, 0.2) is 0 Å². The zero-order chi connectivity index (χ0) is 22.5. The molecule has 0 saturated carbocycles. The van der Waals surface area contributed by atoms with E-state index < -0.39 is 20.1 Å². The van der Waals surface area contributed by atoms with Crippen molar-refractivity contribution in [1.29, 1.82) is 0 Å². The lowest BCUT2D eigenvalue weighted by Crippen LogP contribution is -2.33. The van der Waals surface area contributed by atoms with Crippen LogP contribution >= 0.6 is 0 Å². The number of fused-ring (bicyclic) bond motifs is 1. The van der Waals surface area contributed by atoms with Crippen molar-refractivity contribution in [3.05, 3.63) is 66.4 Å². The van der Waals surface area contributed by atoms with Gasteiger partial charge in [0.25, 0.3) is 0 Å². The van der Waals surface area contributed by atoms with Gasteiger partial charge in [-0.1, -0.05) is 30.3 Å². The van der Waals surface area contributed by atoms with Gasteiger partial charge in [0.2, 0.25) is 10.0 Å². The van der Waals surface area contributed by atoms with Crippen LogP contribution in [0.25, 0.3) is 10.9 Å². The summed E-state index contributed by atoms with van der Waals surface area (Å²) in [6, 6.07) is 14.9. The van der Waals surface area contributed by atoms with E-state index >= 15 is 0 Å². The molecule has 0 saturated heterocycles. The summed E-state index contributed by atoms with van der Waals surface area (Å²) in [5, 5.41) is 0.718. The van der Waals surface area contributed by atoms with Crippen molar-refractivity contribution in [1.82, 2.24) is 9.29 Å². The normalized spacial score (nSPS) is 12.4. The number of pyridine rings is 1. The van der Waals surface area contributed by atoms with E-state index in [-0.39, 0.29) is 36.1 Å². The van der Waals surface area contributed by atoms with E-state index in [2.05, 4.69) is 4.98 Å². The molecule has 10 heteroatoms. The summed E-state index contributed by atoms with van der Waals surface area (Å²) in [6.45, 7) is 1.80. The Morgan fingerprint density at radius 1 is 1.00 bits per heavy atom. The Morgan fingerprint density at radius 3 is 2.48 bits per heavy atom. The Bertz CT molecular complexity index is 1250. The fourth-order valence-corrected chi connectivity index (χ4v) is 5.10. The average molecular weight is 465 g/mol. The van der Waals surface area contributed by atoms with Crippen LogP contribution in [-0.2, 0) is 31.4 Å². The fourth-order valence-electron chi connectivity index (χ4n) is 3.01. The predicted molar refractivity (Wildman–Crippen MR) is 118 cm³/mol. The molecular weight excluding hydrogens is 440 g/mol. The standard InChI is InChI=1S/C21H24N2O6S2/c1-3-30(24,25)29-19-10-4-7-17(15-19)16-23(13-14-28-2)31(26,27)20-11-5-8-18-9-6-12-22-21(18)20/h4-12,15H,3,13-14,16H2,1-2H3. The minimum absolute atomic E-state index is 0.0122. The number of methoxy groups -OCH3 is 1. The first kappa shape index (κ1) is 23.1. The highest BCUT2D eigenvalue weighted by Gasteiger charge is 2.27. The van der Waals surface area contributed by atoms with Gasteiger partial charge in [0, 0.05) is 31.8 Å². The first-order chi connectivity index (χ1) is 14.8. The monoisotopic (exact) mass is 464 g/mol. The molecule has 0 aliphatic carbocycles. The third kappa shape index (κ3) is 5.59. The number of para-hydroxylation sites is 1. The van der Waals surface area contributed by atoms with Crippen LogP contribution < -0.4 is 4.18 Å². The molecule has 0 aliphatic heterocycles. The molecule has 0 aliphatic rings. The maximum Gasteiger partial charge on any atom is 0.308 e. The van der Waals surface area contributed by atoms with E-state index in [0.717, 1.165) is 5.39 Å². The van der Waals surface area contributed by atoms with Crippen molar-refractivity contribution in [2.24, 2.45) is 0 Å². The summed E-state index contributed by atoms with van der Waals surface area (Å²) < 4.78 is 62.0. The topological polar surface area (TPSA) is 103 Å². The minimum Gasteiger partial charge on any atom is -0.383 e. The highest BCUT2D eigenvalue weighted by atomic mass is 32.2. The van der Waals surface area contributed by atoms with E-state index in [1.807, 2.05) is 0 Å². The second-order valence-corrected chi connectivity index (χ2v) is 10.5. The Labute approximate surface area is 182 Å². The number of benzene rings is 2. The lowest BCUT2D eigenvalue weighted by atomic mass is 10.2. The van der Waals surface area contributed by atoms with E-state index in [4.69, 9.17) is 8.92 Å². The Morgan fingerprint density at radius 2 is 1.74 bits per heavy atom. The number of hydrogen-bond acceptors (Lipinski definition) is 7. The van der Waals surface area contributed by atoms with Crippen molar-refractivity contribution in [2.45, 2.75) is 18.4 Å². The molecule has 3 rings (SSSR count). The van der Waals surface area contributed by atoms with E-state index in [1.54, 1.807) is 42.6 Å². The van der Waals surface area contributed by atoms with Gasteiger partial charge in [-0.05, 0) is 36.8 Å². The maximum atomic E-state index is 13.5. The van der Waals surface area contributed by atoms with Gasteiger partial charge in [-0.25, -0.2) is 8.42 Å². The predicted octanol–water partition coefficient (Wildman–Crippen LogP) is 2.80. The zero-order valence-corrected chi connectivity index (χ0v) is 18.9. The second kappa shape index (κ2) is 9.73. The van der Waals surface area contributed by atoms with Gasteiger partial charge in [-0.2, -0.15) is 12.7 Å². The van der Waals surface area contributed by atoms with Crippen LogP contribution in [0.15, 0.2) is 65.7 Å². The molecule has 0 N–H and O–H groups in total. The maximum absolute atomic E-state index is 13.5. The van der Waals surface area contributed by atoms with Crippen LogP contribution in [0.4, 0.5) is 0 Å². The number of nitrogens with zero attached hydrogens (tertiary/aromatic N) is 2. The van der Waals surface area contributed by atoms with Gasteiger partial charge in [0.05, 0.1) is 17.9 Å². The SMILES string of the molecule is CCS(=O)(=O)Oc1cccc(CN(CCOC)S(=O)(=O)c2cccc3cccnc23)c1. The summed E-state index contributed by atoms with van der Waals surface area (Å²) in [7, 11) is -6.11. The third-order valence-electron chi connectivity index (χ3n) is 4.59. The molecule has 0 spiro atoms. The van der Waals surface area contributed by atoms with E-state index in [9.17, 15) is 16.8 Å². The van der Waals surface area contributed by atoms with Crippen molar-refractivity contribution in [3.8, 4) is 5.75 Å². The number of aromatic nitrogens is 1. The largest absolute Gasteiger partial charge is 0.383 e. The van der Waals surface area contributed by atoms with Crippen molar-refractivity contribution in [3.63, 3.8) is 0 Å². The highest BCUT2D eigenvalue weighted by molar-refractivity contribution is 7.89. The van der Waals surface area contributed by atoms with Crippen molar-refractivity contribution >= 4 is 31.0 Å². The first-order valence-corrected chi connectivity index (χ1v) is 12.6. The fraction of sp³-hybridized carbons (Fsp3) is 0.286. The van der Waals surface area contributed by atoms with Crippen LogP contribution in [0, 0.1) is 0 Å². The summed E-state index contributed by atoms with van der Waals surface area (Å²) >= 11 is 0. The number of ether oxygens (including phenoxy) is 1. The van der Waals surface area contributed by atoms with E-state index in [0.29, 0.717) is 11.1 Å². The lowest BCUT2D eigenvalue weighted by Gasteiger charge is -2.23. The molecule has 1 aromatic heterocycles. The molecule has 3 aromatic rings. The van der Waals surface area contributed by atoms with Crippen LogP contribution in [0.3, 0.4) is 0 Å². The van der Waals surface area contributed by atoms with Crippen LogP contribution in [0.5, 0.6) is 5.75 Å². The number of sulfonamides is 1. The molecule has 1 heterocycles. The summed E-state index contributed by atoms with van der Waals surface area (Å²) in [5.41, 5.74) is 0.968. The number of rotatable bonds is 10. The Hall–Kier alpha value is -2.53. The smallest absolute Gasteiger partial charge is 0.308 e. The molecular formula is C21H24N2O6S2. The summed E-state index contributed by atoms with van der Waals surface area (Å²) in [4.78, 5) is 4.36.